The van der Waals surface area contributed by atoms with Gasteiger partial charge >= 0.3 is 6.03 Å². The molecule has 1 aliphatic rings. The van der Waals surface area contributed by atoms with Gasteiger partial charge in [-0.3, -0.25) is 14.9 Å². The second kappa shape index (κ2) is 5.81. The monoisotopic (exact) mass is 326 g/mol. The molecule has 1 aliphatic heterocycles. The van der Waals surface area contributed by atoms with E-state index >= 15 is 0 Å². The Balaban J connectivity index is 2.03. The van der Waals surface area contributed by atoms with E-state index in [9.17, 15) is 14.4 Å². The molecule has 116 valence electrons. The maximum atomic E-state index is 12.6. The molecule has 3 rings (SSSR count). The zero-order valence-electron chi connectivity index (χ0n) is 12.6. The lowest BCUT2D eigenvalue weighted by molar-refractivity contribution is -0.122. The molecule has 1 saturated heterocycles. The van der Waals surface area contributed by atoms with Crippen LogP contribution in [0.1, 0.15) is 16.7 Å². The Hall–Kier alpha value is -2.73. The third-order valence-electron chi connectivity index (χ3n) is 3.70. The Bertz CT molecular complexity index is 838. The first kappa shape index (κ1) is 15.2. The predicted molar refractivity (Wildman–Crippen MR) is 89.2 cm³/mol. The molecule has 0 saturated carbocycles. The second-order valence-electron chi connectivity index (χ2n) is 5.28. The lowest BCUT2D eigenvalue weighted by Crippen LogP contribution is -2.54. The van der Waals surface area contributed by atoms with E-state index in [0.29, 0.717) is 5.69 Å². The Morgan fingerprint density at radius 1 is 1.09 bits per heavy atom. The number of amides is 4. The number of benzene rings is 1. The van der Waals surface area contributed by atoms with Gasteiger partial charge < -0.3 is 0 Å². The van der Waals surface area contributed by atoms with Gasteiger partial charge in [-0.15, -0.1) is 0 Å². The van der Waals surface area contributed by atoms with Crippen molar-refractivity contribution < 1.29 is 14.4 Å². The van der Waals surface area contributed by atoms with Gasteiger partial charge in [0, 0.05) is 0 Å². The standard InChI is InChI=1S/C17H14N2O3S/c1-10-3-4-13(7-11(10)2)19-16(21)14(15(20)18-17(19)22)8-12-5-6-23-9-12/h3-9H,1-2H3,(H,18,20,22)/b14-8+. The highest BCUT2D eigenvalue weighted by Crippen LogP contribution is 2.24. The van der Waals surface area contributed by atoms with E-state index in [0.717, 1.165) is 21.6 Å². The number of rotatable bonds is 2. The zero-order chi connectivity index (χ0) is 16.6. The highest BCUT2D eigenvalue weighted by Gasteiger charge is 2.36. The summed E-state index contributed by atoms with van der Waals surface area (Å²) in [4.78, 5) is 37.7. The fourth-order valence-electron chi connectivity index (χ4n) is 2.28. The third-order valence-corrected chi connectivity index (χ3v) is 4.41. The quantitative estimate of drug-likeness (QED) is 0.681. The van der Waals surface area contributed by atoms with Crippen LogP contribution in [-0.4, -0.2) is 17.8 Å². The fraction of sp³-hybridized carbons (Fsp3) is 0.118. The van der Waals surface area contributed by atoms with Gasteiger partial charge in [0.15, 0.2) is 0 Å². The van der Waals surface area contributed by atoms with Gasteiger partial charge in [0.05, 0.1) is 5.69 Å². The van der Waals surface area contributed by atoms with E-state index < -0.39 is 17.8 Å². The number of hydrogen-bond acceptors (Lipinski definition) is 4. The highest BCUT2D eigenvalue weighted by atomic mass is 32.1. The van der Waals surface area contributed by atoms with Crippen molar-refractivity contribution in [1.82, 2.24) is 5.32 Å². The first-order valence-electron chi connectivity index (χ1n) is 6.98. The van der Waals surface area contributed by atoms with Gasteiger partial charge in [0.2, 0.25) is 0 Å². The summed E-state index contributed by atoms with van der Waals surface area (Å²) in [6, 6.07) is 6.35. The van der Waals surface area contributed by atoms with E-state index in [1.807, 2.05) is 30.7 Å². The molecule has 5 nitrogen and oxygen atoms in total. The smallest absolute Gasteiger partial charge is 0.273 e. The molecule has 0 spiro atoms. The lowest BCUT2D eigenvalue weighted by Gasteiger charge is -2.26. The number of carbonyl (C=O) groups excluding carboxylic acids is 3. The number of carbonyl (C=O) groups is 3. The molecule has 2 aromatic rings. The van der Waals surface area contributed by atoms with Crippen LogP contribution in [0, 0.1) is 13.8 Å². The molecule has 0 radical (unpaired) electrons. The molecule has 1 aromatic carbocycles. The van der Waals surface area contributed by atoms with Crippen LogP contribution in [0.25, 0.3) is 6.08 Å². The number of barbiturate groups is 1. The summed E-state index contributed by atoms with van der Waals surface area (Å²) in [6.07, 6.45) is 1.49. The minimum Gasteiger partial charge on any atom is -0.273 e. The van der Waals surface area contributed by atoms with Crippen LogP contribution in [0.2, 0.25) is 0 Å². The number of aryl methyl sites for hydroxylation is 2. The van der Waals surface area contributed by atoms with Crippen molar-refractivity contribution in [2.45, 2.75) is 13.8 Å². The molecule has 0 aliphatic carbocycles. The number of imide groups is 2. The van der Waals surface area contributed by atoms with Crippen molar-refractivity contribution >= 4 is 40.9 Å². The van der Waals surface area contributed by atoms with Crippen molar-refractivity contribution in [1.29, 1.82) is 0 Å². The average Bonchev–Trinajstić information content (AvgIpc) is 3.00. The molecule has 0 unspecified atom stereocenters. The Kier molecular flexibility index (Phi) is 3.83. The summed E-state index contributed by atoms with van der Waals surface area (Å²) in [5.41, 5.74) is 3.16. The summed E-state index contributed by atoms with van der Waals surface area (Å²) in [5, 5.41) is 5.89. The minimum atomic E-state index is -0.731. The van der Waals surface area contributed by atoms with Crippen LogP contribution >= 0.6 is 11.3 Å². The molecular weight excluding hydrogens is 312 g/mol. The summed E-state index contributed by atoms with van der Waals surface area (Å²) < 4.78 is 0. The van der Waals surface area contributed by atoms with Gasteiger partial charge in [-0.25, -0.2) is 9.69 Å². The first-order valence-corrected chi connectivity index (χ1v) is 7.92. The maximum absolute atomic E-state index is 12.6. The van der Waals surface area contributed by atoms with E-state index in [-0.39, 0.29) is 5.57 Å². The molecular formula is C17H14N2O3S. The van der Waals surface area contributed by atoms with E-state index in [1.54, 1.807) is 18.2 Å². The fourth-order valence-corrected chi connectivity index (χ4v) is 2.90. The van der Waals surface area contributed by atoms with E-state index in [4.69, 9.17) is 0 Å². The van der Waals surface area contributed by atoms with Gasteiger partial charge in [0.25, 0.3) is 11.8 Å². The number of urea groups is 1. The zero-order valence-corrected chi connectivity index (χ0v) is 13.4. The lowest BCUT2D eigenvalue weighted by atomic mass is 10.1. The first-order chi connectivity index (χ1) is 11.0. The van der Waals surface area contributed by atoms with Crippen LogP contribution in [0.3, 0.4) is 0 Å². The van der Waals surface area contributed by atoms with Gasteiger partial charge in [-0.05, 0) is 65.6 Å². The SMILES string of the molecule is Cc1ccc(N2C(=O)NC(=O)/C(=C\c3ccsc3)C2=O)cc1C. The summed E-state index contributed by atoms with van der Waals surface area (Å²) in [6.45, 7) is 3.85. The number of nitrogens with zero attached hydrogens (tertiary/aromatic N) is 1. The number of nitrogens with one attached hydrogen (secondary N) is 1. The number of thiophene rings is 1. The highest BCUT2D eigenvalue weighted by molar-refractivity contribution is 7.08. The Labute approximate surface area is 137 Å². The van der Waals surface area contributed by atoms with Crippen LogP contribution < -0.4 is 10.2 Å². The van der Waals surface area contributed by atoms with Crippen molar-refractivity contribution in [3.05, 3.63) is 57.3 Å². The molecule has 4 amide bonds. The third kappa shape index (κ3) is 2.80. The molecule has 0 atom stereocenters. The van der Waals surface area contributed by atoms with Gasteiger partial charge in [0.1, 0.15) is 5.57 Å². The molecule has 1 aromatic heterocycles. The van der Waals surface area contributed by atoms with Crippen molar-refractivity contribution in [2.75, 3.05) is 4.90 Å². The number of hydrogen-bond donors (Lipinski definition) is 1. The van der Waals surface area contributed by atoms with Crippen molar-refractivity contribution in [2.24, 2.45) is 0 Å². The molecule has 0 bridgehead atoms. The molecule has 1 fully saturated rings. The second-order valence-corrected chi connectivity index (χ2v) is 6.06. The topological polar surface area (TPSA) is 66.5 Å². The molecule has 2 heterocycles. The molecule has 1 N–H and O–H groups in total. The normalized spacial score (nSPS) is 16.9. The summed E-state index contributed by atoms with van der Waals surface area (Å²) >= 11 is 1.46. The molecule has 23 heavy (non-hydrogen) atoms. The Morgan fingerprint density at radius 2 is 1.87 bits per heavy atom. The van der Waals surface area contributed by atoms with Gasteiger partial charge in [-0.1, -0.05) is 6.07 Å². The van der Waals surface area contributed by atoms with Crippen molar-refractivity contribution in [3.8, 4) is 0 Å². The van der Waals surface area contributed by atoms with Crippen molar-refractivity contribution in [3.63, 3.8) is 0 Å². The average molecular weight is 326 g/mol. The summed E-state index contributed by atoms with van der Waals surface area (Å²) in [7, 11) is 0. The molecule has 6 heteroatoms. The van der Waals surface area contributed by atoms with Crippen LogP contribution in [0.15, 0.2) is 40.6 Å². The minimum absolute atomic E-state index is 0.0544. The van der Waals surface area contributed by atoms with Crippen LogP contribution in [0.4, 0.5) is 10.5 Å². The summed E-state index contributed by atoms with van der Waals surface area (Å²) in [5.74, 6) is -1.29. The number of anilines is 1. The van der Waals surface area contributed by atoms with E-state index in [1.165, 1.54) is 17.4 Å². The largest absolute Gasteiger partial charge is 0.335 e. The predicted octanol–water partition coefficient (Wildman–Crippen LogP) is 3.03. The van der Waals surface area contributed by atoms with Crippen LogP contribution in [0.5, 0.6) is 0 Å². The van der Waals surface area contributed by atoms with Gasteiger partial charge in [-0.2, -0.15) is 11.3 Å². The maximum Gasteiger partial charge on any atom is 0.335 e. The Morgan fingerprint density at radius 3 is 2.52 bits per heavy atom. The van der Waals surface area contributed by atoms with E-state index in [2.05, 4.69) is 5.32 Å². The van der Waals surface area contributed by atoms with Crippen LogP contribution in [-0.2, 0) is 9.59 Å².